The fraction of sp³-hybridized carbons (Fsp3) is 0.435. The van der Waals surface area contributed by atoms with Crippen LogP contribution in [0.5, 0.6) is 0 Å². The summed E-state index contributed by atoms with van der Waals surface area (Å²) >= 11 is 0. The van der Waals surface area contributed by atoms with Gasteiger partial charge >= 0.3 is 30.0 Å². The monoisotopic (exact) mass is 551 g/mol. The van der Waals surface area contributed by atoms with E-state index in [1.165, 1.54) is 4.68 Å². The van der Waals surface area contributed by atoms with E-state index in [2.05, 4.69) is 31.6 Å². The van der Waals surface area contributed by atoms with Crippen LogP contribution in [0.4, 0.5) is 19.7 Å². The Bertz CT molecular complexity index is 1160. The number of carbonyl (C=O) groups excluding carboxylic acids is 2. The average molecular weight is 552 g/mol. The van der Waals surface area contributed by atoms with Crippen LogP contribution in [-0.4, -0.2) is 85.6 Å². The molecule has 0 unspecified atom stereocenters. The number of aliphatic carboxylic acids is 3. The zero-order chi connectivity index (χ0) is 28.8. The molecule has 39 heavy (non-hydrogen) atoms. The van der Waals surface area contributed by atoms with Crippen molar-refractivity contribution in [1.82, 2.24) is 30.9 Å². The number of aromatic nitrogens is 3. The first-order valence-corrected chi connectivity index (χ1v) is 11.9. The Morgan fingerprint density at radius 2 is 1.64 bits per heavy atom. The lowest BCUT2D eigenvalue weighted by atomic mass is 10.1. The zero-order valence-electron chi connectivity index (χ0n) is 20.8. The predicted octanol–water partition coefficient (Wildman–Crippen LogP) is 1.28. The topological polar surface area (TPSA) is 225 Å². The van der Waals surface area contributed by atoms with Crippen molar-refractivity contribution in [2.45, 2.75) is 50.7 Å². The summed E-state index contributed by atoms with van der Waals surface area (Å²) in [5.74, 6) is -4.02. The number of unbranched alkanes of at least 4 members (excludes halogenated alkanes) is 1. The molecule has 212 valence electrons. The number of hydrogen-bond donors (Lipinski definition) is 7. The minimum absolute atomic E-state index is 0.00402. The number of carboxylic acids is 3. The first kappa shape index (κ1) is 30.5. The van der Waals surface area contributed by atoms with Gasteiger partial charge in [0.05, 0.1) is 12.7 Å². The van der Waals surface area contributed by atoms with Crippen LogP contribution in [0, 0.1) is 0 Å². The SMILES string of the molecule is O=C(O)CC[C@H](NC(=O)N[C@@H](CCCCNC(=O)Nc1cccc(-c2cn(CCF)nn2)c1)C(=O)O)C(=O)O. The van der Waals surface area contributed by atoms with Gasteiger partial charge in [-0.3, -0.25) is 4.79 Å². The predicted molar refractivity (Wildman–Crippen MR) is 134 cm³/mol. The van der Waals surface area contributed by atoms with E-state index in [1.807, 2.05) is 0 Å². The molecule has 0 radical (unpaired) electrons. The fourth-order valence-electron chi connectivity index (χ4n) is 3.37. The van der Waals surface area contributed by atoms with Crippen LogP contribution in [0.25, 0.3) is 11.3 Å². The van der Waals surface area contributed by atoms with E-state index < -0.39 is 55.1 Å². The number of halogens is 1. The van der Waals surface area contributed by atoms with Gasteiger partial charge in [0.2, 0.25) is 0 Å². The molecule has 0 aliphatic rings. The molecular weight excluding hydrogens is 521 g/mol. The van der Waals surface area contributed by atoms with Gasteiger partial charge in [-0.05, 0) is 37.8 Å². The van der Waals surface area contributed by atoms with Gasteiger partial charge in [0, 0.05) is 24.2 Å². The molecule has 2 atom stereocenters. The summed E-state index contributed by atoms with van der Waals surface area (Å²) in [5.41, 5.74) is 1.67. The van der Waals surface area contributed by atoms with Crippen molar-refractivity contribution in [2.24, 2.45) is 0 Å². The maximum atomic E-state index is 12.5. The van der Waals surface area contributed by atoms with Crippen LogP contribution < -0.4 is 21.3 Å². The van der Waals surface area contributed by atoms with Crippen molar-refractivity contribution in [2.75, 3.05) is 18.5 Å². The quantitative estimate of drug-likeness (QED) is 0.148. The molecule has 0 saturated heterocycles. The number of carbonyl (C=O) groups is 5. The van der Waals surface area contributed by atoms with Crippen LogP contribution in [-0.2, 0) is 20.9 Å². The molecule has 15 nitrogen and oxygen atoms in total. The van der Waals surface area contributed by atoms with Gasteiger partial charge in [-0.2, -0.15) is 0 Å². The summed E-state index contributed by atoms with van der Waals surface area (Å²) in [6.07, 6.45) is 1.43. The van der Waals surface area contributed by atoms with E-state index in [4.69, 9.17) is 10.2 Å². The molecular formula is C23H30FN7O8. The van der Waals surface area contributed by atoms with Crippen molar-refractivity contribution < 1.29 is 43.7 Å². The number of nitrogens with one attached hydrogen (secondary N) is 4. The summed E-state index contributed by atoms with van der Waals surface area (Å²) < 4.78 is 13.8. The fourth-order valence-corrected chi connectivity index (χ4v) is 3.37. The summed E-state index contributed by atoms with van der Waals surface area (Å²) in [6.45, 7) is -0.279. The number of carboxylic acid groups (broad SMARTS) is 3. The molecule has 16 heteroatoms. The second-order valence-electron chi connectivity index (χ2n) is 8.35. The Balaban J connectivity index is 1.75. The number of alkyl halides is 1. The van der Waals surface area contributed by atoms with E-state index in [-0.39, 0.29) is 25.9 Å². The molecule has 0 saturated carbocycles. The molecule has 0 spiro atoms. The number of aryl methyl sites for hydroxylation is 1. The molecule has 1 aromatic carbocycles. The Morgan fingerprint density at radius 3 is 2.28 bits per heavy atom. The van der Waals surface area contributed by atoms with Crippen molar-refractivity contribution in [1.29, 1.82) is 0 Å². The second kappa shape index (κ2) is 15.5. The van der Waals surface area contributed by atoms with E-state index in [9.17, 15) is 33.5 Å². The van der Waals surface area contributed by atoms with E-state index in [1.54, 1.807) is 30.5 Å². The number of benzene rings is 1. The van der Waals surface area contributed by atoms with Crippen molar-refractivity contribution in [3.8, 4) is 11.3 Å². The largest absolute Gasteiger partial charge is 0.481 e. The number of amides is 4. The minimum atomic E-state index is -1.49. The number of urea groups is 2. The lowest BCUT2D eigenvalue weighted by molar-refractivity contribution is -0.140. The third kappa shape index (κ3) is 11.0. The summed E-state index contributed by atoms with van der Waals surface area (Å²) in [7, 11) is 0. The van der Waals surface area contributed by atoms with Gasteiger partial charge < -0.3 is 36.6 Å². The lowest BCUT2D eigenvalue weighted by Gasteiger charge is -2.18. The first-order valence-electron chi connectivity index (χ1n) is 11.9. The molecule has 0 fully saturated rings. The standard InChI is InChI=1S/C23H30FN7O8/c24-9-11-31-13-18(29-30-31)14-4-3-5-15(12-14)26-22(38)25-10-2-1-6-16(20(34)35)27-23(39)28-17(21(36)37)7-8-19(32)33/h3-5,12-13,16-17H,1-2,6-11H2,(H,32,33)(H,34,35)(H,36,37)(H2,25,26,38)(H2,27,28,39)/t16-,17-/m0/s1. The number of nitrogens with zero attached hydrogens (tertiary/aromatic N) is 3. The molecule has 2 rings (SSSR count). The highest BCUT2D eigenvalue weighted by molar-refractivity contribution is 5.90. The summed E-state index contributed by atoms with van der Waals surface area (Å²) in [5, 5.41) is 44.4. The van der Waals surface area contributed by atoms with Crippen LogP contribution >= 0.6 is 0 Å². The molecule has 1 aromatic heterocycles. The summed E-state index contributed by atoms with van der Waals surface area (Å²) in [6, 6.07) is 2.45. The average Bonchev–Trinajstić information content (AvgIpc) is 3.34. The van der Waals surface area contributed by atoms with Crippen LogP contribution in [0.1, 0.15) is 32.1 Å². The van der Waals surface area contributed by atoms with Crippen molar-refractivity contribution in [3.63, 3.8) is 0 Å². The Morgan fingerprint density at radius 1 is 0.949 bits per heavy atom. The molecule has 2 aromatic rings. The number of hydrogen-bond acceptors (Lipinski definition) is 7. The molecule has 0 bridgehead atoms. The van der Waals surface area contributed by atoms with Gasteiger partial charge in [0.1, 0.15) is 24.5 Å². The maximum absolute atomic E-state index is 12.5. The van der Waals surface area contributed by atoms with Crippen LogP contribution in [0.2, 0.25) is 0 Å². The number of anilines is 1. The molecule has 0 aliphatic heterocycles. The first-order chi connectivity index (χ1) is 18.6. The highest BCUT2D eigenvalue weighted by atomic mass is 19.1. The van der Waals surface area contributed by atoms with E-state index in [0.717, 1.165) is 0 Å². The maximum Gasteiger partial charge on any atom is 0.326 e. The van der Waals surface area contributed by atoms with Crippen molar-refractivity contribution in [3.05, 3.63) is 30.5 Å². The van der Waals surface area contributed by atoms with Crippen LogP contribution in [0.3, 0.4) is 0 Å². The minimum Gasteiger partial charge on any atom is -0.481 e. The highest BCUT2D eigenvalue weighted by Gasteiger charge is 2.24. The zero-order valence-corrected chi connectivity index (χ0v) is 20.8. The molecule has 0 aliphatic carbocycles. The Hall–Kier alpha value is -4.76. The Labute approximate surface area is 221 Å². The van der Waals surface area contributed by atoms with Gasteiger partial charge in [0.15, 0.2) is 0 Å². The molecule has 1 heterocycles. The third-order valence-corrected chi connectivity index (χ3v) is 5.33. The third-order valence-electron chi connectivity index (χ3n) is 5.33. The van der Waals surface area contributed by atoms with Gasteiger partial charge in [-0.25, -0.2) is 28.3 Å². The summed E-state index contributed by atoms with van der Waals surface area (Å²) in [4.78, 5) is 57.5. The van der Waals surface area contributed by atoms with Crippen LogP contribution in [0.15, 0.2) is 30.5 Å². The van der Waals surface area contributed by atoms with E-state index in [0.29, 0.717) is 29.8 Å². The second-order valence-corrected chi connectivity index (χ2v) is 8.35. The highest BCUT2D eigenvalue weighted by Crippen LogP contribution is 2.20. The normalized spacial score (nSPS) is 12.1. The number of rotatable bonds is 16. The van der Waals surface area contributed by atoms with E-state index >= 15 is 0 Å². The molecule has 7 N–H and O–H groups in total. The molecule has 4 amide bonds. The Kier molecular flexibility index (Phi) is 12.1. The smallest absolute Gasteiger partial charge is 0.326 e. The lowest BCUT2D eigenvalue weighted by Crippen LogP contribution is -2.51. The van der Waals surface area contributed by atoms with Gasteiger partial charge in [-0.1, -0.05) is 17.3 Å². The van der Waals surface area contributed by atoms with Crippen molar-refractivity contribution >= 4 is 35.7 Å². The van der Waals surface area contributed by atoms with Gasteiger partial charge in [-0.15, -0.1) is 5.10 Å². The van der Waals surface area contributed by atoms with Gasteiger partial charge in [0.25, 0.3) is 0 Å².